The van der Waals surface area contributed by atoms with Crippen LogP contribution in [-0.2, 0) is 9.53 Å². The van der Waals surface area contributed by atoms with Gasteiger partial charge in [0, 0.05) is 50.7 Å². The zero-order valence-electron chi connectivity index (χ0n) is 12.4. The molecule has 0 aromatic rings. The Hall–Kier alpha value is -0.650. The van der Waals surface area contributed by atoms with Crippen LogP contribution in [0.4, 0.5) is 0 Å². The molecule has 5 heteroatoms. The highest BCUT2D eigenvalue weighted by atomic mass is 16.5. The van der Waals surface area contributed by atoms with Crippen molar-refractivity contribution in [2.24, 2.45) is 0 Å². The smallest absolute Gasteiger partial charge is 0.224 e. The Morgan fingerprint density at radius 1 is 1.26 bits per heavy atom. The van der Waals surface area contributed by atoms with Gasteiger partial charge in [-0.05, 0) is 20.8 Å². The van der Waals surface area contributed by atoms with Gasteiger partial charge in [-0.1, -0.05) is 0 Å². The standard InChI is InChI=1S/C14H27N3O2/c1-14(2,3)17-7-5-16(6-8-17)13(18)10-12-11-19-9-4-15-12/h12,15H,4-11H2,1-3H3. The quantitative estimate of drug-likeness (QED) is 0.783. The molecule has 0 aromatic heterocycles. The second-order valence-electron chi connectivity index (χ2n) is 6.47. The Bertz CT molecular complexity index is 300. The molecule has 1 atom stereocenters. The summed E-state index contributed by atoms with van der Waals surface area (Å²) < 4.78 is 5.39. The van der Waals surface area contributed by atoms with Crippen LogP contribution in [0.3, 0.4) is 0 Å². The van der Waals surface area contributed by atoms with Gasteiger partial charge in [-0.3, -0.25) is 9.69 Å². The SMILES string of the molecule is CC(C)(C)N1CCN(C(=O)CC2COCCN2)CC1. The molecule has 2 heterocycles. The van der Waals surface area contributed by atoms with Crippen LogP contribution in [0.15, 0.2) is 0 Å². The van der Waals surface area contributed by atoms with Gasteiger partial charge >= 0.3 is 0 Å². The number of morpholine rings is 1. The third-order valence-electron chi connectivity index (χ3n) is 4.00. The Labute approximate surface area is 116 Å². The van der Waals surface area contributed by atoms with Crippen molar-refractivity contribution in [2.75, 3.05) is 45.9 Å². The van der Waals surface area contributed by atoms with Gasteiger partial charge in [-0.25, -0.2) is 0 Å². The van der Waals surface area contributed by atoms with E-state index < -0.39 is 0 Å². The van der Waals surface area contributed by atoms with Crippen LogP contribution in [0, 0.1) is 0 Å². The second-order valence-corrected chi connectivity index (χ2v) is 6.47. The summed E-state index contributed by atoms with van der Waals surface area (Å²) in [5, 5.41) is 3.34. The number of amides is 1. The van der Waals surface area contributed by atoms with Crippen LogP contribution in [-0.4, -0.2) is 73.2 Å². The van der Waals surface area contributed by atoms with Gasteiger partial charge in [0.2, 0.25) is 5.91 Å². The Kier molecular flexibility index (Phi) is 4.81. The Balaban J connectivity index is 1.76. The zero-order valence-corrected chi connectivity index (χ0v) is 12.4. The Morgan fingerprint density at radius 3 is 2.47 bits per heavy atom. The molecule has 1 N–H and O–H groups in total. The highest BCUT2D eigenvalue weighted by Gasteiger charge is 2.28. The Morgan fingerprint density at radius 2 is 1.95 bits per heavy atom. The van der Waals surface area contributed by atoms with Crippen LogP contribution in [0.1, 0.15) is 27.2 Å². The molecule has 2 aliphatic heterocycles. The number of nitrogens with one attached hydrogen (secondary N) is 1. The van der Waals surface area contributed by atoms with Crippen LogP contribution in [0.25, 0.3) is 0 Å². The maximum atomic E-state index is 12.2. The normalized spacial score (nSPS) is 26.5. The largest absolute Gasteiger partial charge is 0.378 e. The lowest BCUT2D eigenvalue weighted by molar-refractivity contribution is -0.135. The predicted octanol–water partition coefficient (Wildman–Crippen LogP) is 0.308. The molecule has 2 aliphatic rings. The number of carbonyl (C=O) groups is 1. The zero-order chi connectivity index (χ0) is 13.9. The van der Waals surface area contributed by atoms with Crippen molar-refractivity contribution in [2.45, 2.75) is 38.8 Å². The highest BCUT2D eigenvalue weighted by Crippen LogP contribution is 2.16. The summed E-state index contributed by atoms with van der Waals surface area (Å²) in [6, 6.07) is 0.196. The lowest BCUT2D eigenvalue weighted by atomic mass is 10.0. The average molecular weight is 269 g/mol. The molecule has 1 unspecified atom stereocenters. The predicted molar refractivity (Wildman–Crippen MR) is 75.1 cm³/mol. The summed E-state index contributed by atoms with van der Waals surface area (Å²) >= 11 is 0. The van der Waals surface area contributed by atoms with Gasteiger partial charge in [0.25, 0.3) is 0 Å². The minimum absolute atomic E-state index is 0.196. The molecule has 0 aliphatic carbocycles. The summed E-state index contributed by atoms with van der Waals surface area (Å²) in [5.74, 6) is 0.261. The summed E-state index contributed by atoms with van der Waals surface area (Å²) in [7, 11) is 0. The van der Waals surface area contributed by atoms with Gasteiger partial charge < -0.3 is 15.0 Å². The maximum Gasteiger partial charge on any atom is 0.224 e. The van der Waals surface area contributed by atoms with E-state index in [2.05, 4.69) is 31.0 Å². The first-order valence-electron chi connectivity index (χ1n) is 7.31. The van der Waals surface area contributed by atoms with E-state index in [0.29, 0.717) is 13.0 Å². The topological polar surface area (TPSA) is 44.8 Å². The van der Waals surface area contributed by atoms with E-state index in [1.165, 1.54) is 0 Å². The fourth-order valence-corrected chi connectivity index (χ4v) is 2.72. The van der Waals surface area contributed by atoms with E-state index in [0.717, 1.165) is 39.3 Å². The molecule has 2 fully saturated rings. The third kappa shape index (κ3) is 4.16. The second kappa shape index (κ2) is 6.20. The van der Waals surface area contributed by atoms with E-state index in [1.807, 2.05) is 4.90 Å². The number of piperazine rings is 1. The summed E-state index contributed by atoms with van der Waals surface area (Å²) in [6.07, 6.45) is 0.565. The fraction of sp³-hybridized carbons (Fsp3) is 0.929. The molecular weight excluding hydrogens is 242 g/mol. The maximum absolute atomic E-state index is 12.2. The van der Waals surface area contributed by atoms with Crippen LogP contribution in [0.2, 0.25) is 0 Å². The van der Waals surface area contributed by atoms with E-state index in [1.54, 1.807) is 0 Å². The average Bonchev–Trinajstić information content (AvgIpc) is 2.39. The van der Waals surface area contributed by atoms with Gasteiger partial charge in [0.15, 0.2) is 0 Å². The van der Waals surface area contributed by atoms with Crippen molar-refractivity contribution >= 4 is 5.91 Å². The molecule has 110 valence electrons. The summed E-state index contributed by atoms with van der Waals surface area (Å²) in [6.45, 7) is 12.6. The third-order valence-corrected chi connectivity index (χ3v) is 4.00. The molecule has 19 heavy (non-hydrogen) atoms. The number of hydrogen-bond donors (Lipinski definition) is 1. The van der Waals surface area contributed by atoms with E-state index >= 15 is 0 Å². The number of rotatable bonds is 2. The van der Waals surface area contributed by atoms with E-state index in [-0.39, 0.29) is 17.5 Å². The first-order valence-corrected chi connectivity index (χ1v) is 7.31. The van der Waals surface area contributed by atoms with Crippen molar-refractivity contribution in [3.05, 3.63) is 0 Å². The molecule has 2 saturated heterocycles. The van der Waals surface area contributed by atoms with Crippen molar-refractivity contribution in [3.8, 4) is 0 Å². The molecule has 1 amide bonds. The molecule has 5 nitrogen and oxygen atoms in total. The van der Waals surface area contributed by atoms with E-state index in [9.17, 15) is 4.79 Å². The number of ether oxygens (including phenoxy) is 1. The first-order chi connectivity index (χ1) is 8.97. The molecular formula is C14H27N3O2. The van der Waals surface area contributed by atoms with Crippen LogP contribution in [0.5, 0.6) is 0 Å². The number of carbonyl (C=O) groups excluding carboxylic acids is 1. The van der Waals surface area contributed by atoms with Crippen molar-refractivity contribution < 1.29 is 9.53 Å². The summed E-state index contributed by atoms with van der Waals surface area (Å²) in [4.78, 5) is 16.7. The van der Waals surface area contributed by atoms with Crippen LogP contribution < -0.4 is 5.32 Å². The lowest BCUT2D eigenvalue weighted by Crippen LogP contribution is -2.55. The highest BCUT2D eigenvalue weighted by molar-refractivity contribution is 5.77. The van der Waals surface area contributed by atoms with Crippen LogP contribution >= 0.6 is 0 Å². The van der Waals surface area contributed by atoms with E-state index in [4.69, 9.17) is 4.74 Å². The van der Waals surface area contributed by atoms with Crippen molar-refractivity contribution in [1.82, 2.24) is 15.1 Å². The van der Waals surface area contributed by atoms with Crippen molar-refractivity contribution in [1.29, 1.82) is 0 Å². The minimum Gasteiger partial charge on any atom is -0.378 e. The molecule has 2 rings (SSSR count). The lowest BCUT2D eigenvalue weighted by Gasteiger charge is -2.42. The fourth-order valence-electron chi connectivity index (χ4n) is 2.72. The molecule has 0 bridgehead atoms. The number of nitrogens with zero attached hydrogens (tertiary/aromatic N) is 2. The van der Waals surface area contributed by atoms with Gasteiger partial charge in [-0.2, -0.15) is 0 Å². The number of hydrogen-bond acceptors (Lipinski definition) is 4. The monoisotopic (exact) mass is 269 g/mol. The first kappa shape index (κ1) is 14.8. The minimum atomic E-state index is 0.196. The van der Waals surface area contributed by atoms with Gasteiger partial charge in [-0.15, -0.1) is 0 Å². The molecule has 0 aromatic carbocycles. The molecule has 0 saturated carbocycles. The summed E-state index contributed by atoms with van der Waals surface area (Å²) in [5.41, 5.74) is 0.202. The molecule has 0 radical (unpaired) electrons. The van der Waals surface area contributed by atoms with Crippen molar-refractivity contribution in [3.63, 3.8) is 0 Å². The van der Waals surface area contributed by atoms with Gasteiger partial charge in [0.1, 0.15) is 0 Å². The molecule has 0 spiro atoms. The van der Waals surface area contributed by atoms with Gasteiger partial charge in [0.05, 0.1) is 13.2 Å².